The molecule has 25 heavy (non-hydrogen) atoms. The summed E-state index contributed by atoms with van der Waals surface area (Å²) in [6.07, 6.45) is 10.7. The van der Waals surface area contributed by atoms with Crippen molar-refractivity contribution in [2.24, 2.45) is 0 Å². The largest absolute Gasteiger partial charge is 0.520 e. The van der Waals surface area contributed by atoms with E-state index in [1.54, 1.807) is 0 Å². The first-order valence-corrected chi connectivity index (χ1v) is 12.7. The molecule has 0 amide bonds. The zero-order valence-electron chi connectivity index (χ0n) is 17.3. The molecule has 0 saturated carbocycles. The molecule has 0 radical (unpaired) electrons. The number of hydrogen-bond donors (Lipinski definition) is 0. The van der Waals surface area contributed by atoms with Crippen LogP contribution in [0.25, 0.3) is 0 Å². The monoisotopic (exact) mass is 364 g/mol. The Hall–Kier alpha value is -0.803. The molecule has 1 aromatic rings. The Labute approximate surface area is 157 Å². The van der Waals surface area contributed by atoms with Crippen LogP contribution in [0.1, 0.15) is 83.3 Å². The highest BCUT2D eigenvalue weighted by atomic mass is 28.4. The van der Waals surface area contributed by atoms with E-state index in [4.69, 9.17) is 8.85 Å². The lowest BCUT2D eigenvalue weighted by Crippen LogP contribution is -2.44. The summed E-state index contributed by atoms with van der Waals surface area (Å²) < 4.78 is 12.9. The molecular formula is C22H40O2Si. The van der Waals surface area contributed by atoms with Crippen LogP contribution in [0.15, 0.2) is 18.2 Å². The van der Waals surface area contributed by atoms with Gasteiger partial charge in [-0.1, -0.05) is 77.8 Å². The van der Waals surface area contributed by atoms with E-state index in [0.717, 1.165) is 24.4 Å². The van der Waals surface area contributed by atoms with Crippen LogP contribution in [0.4, 0.5) is 0 Å². The van der Waals surface area contributed by atoms with Gasteiger partial charge in [-0.25, -0.2) is 0 Å². The van der Waals surface area contributed by atoms with Crippen molar-refractivity contribution in [3.8, 4) is 5.75 Å². The van der Waals surface area contributed by atoms with E-state index in [1.165, 1.54) is 62.5 Å². The molecule has 0 spiro atoms. The third-order valence-electron chi connectivity index (χ3n) is 5.08. The molecule has 1 aromatic carbocycles. The van der Waals surface area contributed by atoms with Gasteiger partial charge in [-0.05, 0) is 49.5 Å². The van der Waals surface area contributed by atoms with Crippen LogP contribution < -0.4 is 4.43 Å². The molecular weight excluding hydrogens is 324 g/mol. The van der Waals surface area contributed by atoms with Gasteiger partial charge in [-0.15, -0.1) is 0 Å². The van der Waals surface area contributed by atoms with Crippen LogP contribution in [-0.4, -0.2) is 15.2 Å². The van der Waals surface area contributed by atoms with Crippen molar-refractivity contribution in [2.75, 3.05) is 6.61 Å². The number of unbranched alkanes of at least 4 members (excludes halogenated alkanes) is 7. The van der Waals surface area contributed by atoms with Crippen molar-refractivity contribution in [2.45, 2.75) is 98.1 Å². The summed E-state index contributed by atoms with van der Waals surface area (Å²) in [5.41, 5.74) is 2.46. The predicted octanol–water partition coefficient (Wildman–Crippen LogP) is 7.32. The van der Waals surface area contributed by atoms with Crippen LogP contribution in [-0.2, 0) is 4.43 Å². The second-order valence-electron chi connectivity index (χ2n) is 7.31. The first-order valence-electron chi connectivity index (χ1n) is 10.5. The Bertz CT molecular complexity index is 469. The highest BCUT2D eigenvalue weighted by Gasteiger charge is 2.36. The third-order valence-corrected chi connectivity index (χ3v) is 8.56. The van der Waals surface area contributed by atoms with Gasteiger partial charge in [0, 0.05) is 6.61 Å². The van der Waals surface area contributed by atoms with E-state index < -0.39 is 8.56 Å². The number of aryl methyl sites for hydroxylation is 2. The van der Waals surface area contributed by atoms with Gasteiger partial charge in [0.2, 0.25) is 0 Å². The molecule has 2 nitrogen and oxygen atoms in total. The molecule has 0 bridgehead atoms. The standard InChI is InChI=1S/C22H40O2Si/c1-6-9-10-11-12-13-14-15-18-23-25(7-2,8-3)24-22-19-20(4)16-17-21(22)5/h16-17,19H,6-15,18H2,1-5H3. The molecule has 144 valence electrons. The second kappa shape index (κ2) is 12.5. The van der Waals surface area contributed by atoms with Crippen LogP contribution in [0, 0.1) is 13.8 Å². The fraction of sp³-hybridized carbons (Fsp3) is 0.727. The molecule has 0 aliphatic carbocycles. The summed E-state index contributed by atoms with van der Waals surface area (Å²) >= 11 is 0. The second-order valence-corrected chi connectivity index (χ2v) is 11.0. The summed E-state index contributed by atoms with van der Waals surface area (Å²) in [4.78, 5) is 0. The van der Waals surface area contributed by atoms with E-state index >= 15 is 0 Å². The first-order chi connectivity index (χ1) is 12.1. The average molecular weight is 365 g/mol. The molecule has 0 N–H and O–H groups in total. The highest BCUT2D eigenvalue weighted by Crippen LogP contribution is 2.27. The van der Waals surface area contributed by atoms with E-state index in [2.05, 4.69) is 52.8 Å². The maximum absolute atomic E-state index is 6.50. The van der Waals surface area contributed by atoms with Crippen molar-refractivity contribution in [3.05, 3.63) is 29.3 Å². The average Bonchev–Trinajstić information content (AvgIpc) is 2.62. The minimum Gasteiger partial charge on any atom is -0.520 e. The van der Waals surface area contributed by atoms with Gasteiger partial charge in [-0.2, -0.15) is 0 Å². The van der Waals surface area contributed by atoms with E-state index in [9.17, 15) is 0 Å². The lowest BCUT2D eigenvalue weighted by molar-refractivity contribution is 0.230. The summed E-state index contributed by atoms with van der Waals surface area (Å²) in [5.74, 6) is 1.02. The fourth-order valence-corrected chi connectivity index (χ4v) is 5.53. The fourth-order valence-electron chi connectivity index (χ4n) is 3.14. The Morgan fingerprint density at radius 3 is 2.00 bits per heavy atom. The van der Waals surface area contributed by atoms with E-state index in [1.807, 2.05) is 0 Å². The lowest BCUT2D eigenvalue weighted by atomic mass is 10.1. The van der Waals surface area contributed by atoms with Gasteiger partial charge in [0.05, 0.1) is 0 Å². The zero-order chi connectivity index (χ0) is 18.5. The predicted molar refractivity (Wildman–Crippen MR) is 112 cm³/mol. The van der Waals surface area contributed by atoms with Crippen LogP contribution in [0.5, 0.6) is 5.75 Å². The normalized spacial score (nSPS) is 11.7. The number of hydrogen-bond acceptors (Lipinski definition) is 2. The van der Waals surface area contributed by atoms with Crippen LogP contribution >= 0.6 is 0 Å². The first kappa shape index (κ1) is 22.2. The van der Waals surface area contributed by atoms with Gasteiger partial charge in [0.15, 0.2) is 0 Å². The highest BCUT2D eigenvalue weighted by molar-refractivity contribution is 6.68. The van der Waals surface area contributed by atoms with Crippen molar-refractivity contribution < 1.29 is 8.85 Å². The minimum atomic E-state index is -2.12. The van der Waals surface area contributed by atoms with Gasteiger partial charge < -0.3 is 8.85 Å². The van der Waals surface area contributed by atoms with E-state index in [-0.39, 0.29) is 0 Å². The Balaban J connectivity index is 2.39. The Kier molecular flexibility index (Phi) is 11.1. The van der Waals surface area contributed by atoms with Gasteiger partial charge in [0.25, 0.3) is 0 Å². The summed E-state index contributed by atoms with van der Waals surface area (Å²) in [6.45, 7) is 11.8. The molecule has 3 heteroatoms. The molecule has 0 aliphatic heterocycles. The van der Waals surface area contributed by atoms with Gasteiger partial charge in [-0.3, -0.25) is 0 Å². The molecule has 0 heterocycles. The molecule has 0 aliphatic rings. The summed E-state index contributed by atoms with van der Waals surface area (Å²) in [6, 6.07) is 8.46. The Morgan fingerprint density at radius 1 is 0.800 bits per heavy atom. The van der Waals surface area contributed by atoms with Crippen molar-refractivity contribution >= 4 is 8.56 Å². The van der Waals surface area contributed by atoms with Crippen molar-refractivity contribution in [1.82, 2.24) is 0 Å². The molecule has 1 rings (SSSR count). The topological polar surface area (TPSA) is 18.5 Å². The minimum absolute atomic E-state index is 0.855. The van der Waals surface area contributed by atoms with Crippen molar-refractivity contribution in [3.63, 3.8) is 0 Å². The van der Waals surface area contributed by atoms with E-state index in [0.29, 0.717) is 0 Å². The molecule has 0 fully saturated rings. The molecule has 0 unspecified atom stereocenters. The Morgan fingerprint density at radius 2 is 1.40 bits per heavy atom. The smallest absolute Gasteiger partial charge is 0.398 e. The molecule has 0 saturated heterocycles. The molecule has 0 aromatic heterocycles. The quantitative estimate of drug-likeness (QED) is 0.254. The van der Waals surface area contributed by atoms with Crippen LogP contribution in [0.3, 0.4) is 0 Å². The third kappa shape index (κ3) is 8.41. The molecule has 0 atom stereocenters. The van der Waals surface area contributed by atoms with Crippen molar-refractivity contribution in [1.29, 1.82) is 0 Å². The lowest BCUT2D eigenvalue weighted by Gasteiger charge is -2.30. The number of rotatable bonds is 14. The van der Waals surface area contributed by atoms with Gasteiger partial charge >= 0.3 is 8.56 Å². The summed E-state index contributed by atoms with van der Waals surface area (Å²) in [5, 5.41) is 0. The number of benzene rings is 1. The van der Waals surface area contributed by atoms with Crippen LogP contribution in [0.2, 0.25) is 12.1 Å². The zero-order valence-corrected chi connectivity index (χ0v) is 18.3. The maximum Gasteiger partial charge on any atom is 0.398 e. The maximum atomic E-state index is 6.50. The van der Waals surface area contributed by atoms with Gasteiger partial charge in [0.1, 0.15) is 5.75 Å². The summed E-state index contributed by atoms with van der Waals surface area (Å²) in [7, 11) is -2.12. The SMILES string of the molecule is CCCCCCCCCCO[Si](CC)(CC)Oc1cc(C)ccc1C.